The molecule has 1 aromatic heterocycles. The van der Waals surface area contributed by atoms with Crippen LogP contribution in [0.15, 0.2) is 18.2 Å². The zero-order chi connectivity index (χ0) is 16.1. The highest BCUT2D eigenvalue weighted by atomic mass is 35.5. The molecule has 0 unspecified atom stereocenters. The first-order valence-electron chi connectivity index (χ1n) is 7.91. The van der Waals surface area contributed by atoms with E-state index in [0.29, 0.717) is 13.2 Å². The van der Waals surface area contributed by atoms with Crippen LogP contribution in [0.2, 0.25) is 0 Å². The molecule has 25 heavy (non-hydrogen) atoms. The molecule has 0 atom stereocenters. The molecule has 9 heteroatoms. The van der Waals surface area contributed by atoms with Gasteiger partial charge in [-0.2, -0.15) is 0 Å². The minimum atomic E-state index is -0.0512. The van der Waals surface area contributed by atoms with Crippen molar-refractivity contribution in [2.24, 2.45) is 0 Å². The molecule has 140 valence electrons. The van der Waals surface area contributed by atoms with Crippen molar-refractivity contribution >= 4 is 63.1 Å². The van der Waals surface area contributed by atoms with Crippen molar-refractivity contribution in [1.82, 2.24) is 10.3 Å². The third kappa shape index (κ3) is 5.97. The van der Waals surface area contributed by atoms with Crippen LogP contribution in [-0.2, 0) is 9.53 Å². The van der Waals surface area contributed by atoms with Crippen LogP contribution >= 0.6 is 36.2 Å². The predicted octanol–water partition coefficient (Wildman–Crippen LogP) is 2.91. The Morgan fingerprint density at radius 3 is 2.80 bits per heavy atom. The first-order chi connectivity index (χ1) is 11.3. The lowest BCUT2D eigenvalue weighted by molar-refractivity contribution is -0.115. The van der Waals surface area contributed by atoms with Gasteiger partial charge >= 0.3 is 0 Å². The number of hydrogen-bond donors (Lipinski definition) is 2. The third-order valence-electron chi connectivity index (χ3n) is 3.81. The summed E-state index contributed by atoms with van der Waals surface area (Å²) in [6.07, 6.45) is 2.49. The van der Waals surface area contributed by atoms with Crippen molar-refractivity contribution in [3.8, 4) is 0 Å². The smallest absolute Gasteiger partial charge is 0.238 e. The lowest BCUT2D eigenvalue weighted by atomic mass is 10.3. The molecule has 6 nitrogen and oxygen atoms in total. The Morgan fingerprint density at radius 2 is 2.08 bits per heavy atom. The van der Waals surface area contributed by atoms with Gasteiger partial charge in [0.1, 0.15) is 0 Å². The standard InChI is InChI=1S/C16H22N4O2S.2ClH/c1-22-9-6-17-11-15(21)18-12-4-5-13-14(10-12)23-16(19-13)20-7-2-3-8-20;;/h4-5,10,17H,2-3,6-9,11H2,1H3,(H,18,21);2*1H. The summed E-state index contributed by atoms with van der Waals surface area (Å²) in [6.45, 7) is 3.73. The highest BCUT2D eigenvalue weighted by Crippen LogP contribution is 2.32. The number of nitrogens with one attached hydrogen (secondary N) is 2. The summed E-state index contributed by atoms with van der Waals surface area (Å²) < 4.78 is 6.04. The molecule has 0 aliphatic carbocycles. The molecule has 1 aromatic carbocycles. The normalized spacial score (nSPS) is 13.4. The number of fused-ring (bicyclic) bond motifs is 1. The van der Waals surface area contributed by atoms with Crippen LogP contribution in [-0.4, -0.2) is 50.8 Å². The summed E-state index contributed by atoms with van der Waals surface area (Å²) in [6, 6.07) is 5.88. The summed E-state index contributed by atoms with van der Waals surface area (Å²) in [5.74, 6) is -0.0512. The molecule has 0 spiro atoms. The van der Waals surface area contributed by atoms with Crippen molar-refractivity contribution in [3.05, 3.63) is 18.2 Å². The van der Waals surface area contributed by atoms with Gasteiger partial charge in [0.05, 0.1) is 23.4 Å². The quantitative estimate of drug-likeness (QED) is 0.691. The highest BCUT2D eigenvalue weighted by molar-refractivity contribution is 7.22. The molecule has 2 heterocycles. The van der Waals surface area contributed by atoms with Gasteiger partial charge in [0.2, 0.25) is 5.91 Å². The zero-order valence-corrected chi connectivity index (χ0v) is 16.6. The number of carbonyl (C=O) groups is 1. The number of nitrogens with zero attached hydrogens (tertiary/aromatic N) is 2. The summed E-state index contributed by atoms with van der Waals surface area (Å²) in [7, 11) is 1.64. The molecule has 1 aliphatic heterocycles. The lowest BCUT2D eigenvalue weighted by Crippen LogP contribution is -2.30. The molecular weight excluding hydrogens is 383 g/mol. The lowest BCUT2D eigenvalue weighted by Gasteiger charge is -2.11. The van der Waals surface area contributed by atoms with Crippen LogP contribution in [0, 0.1) is 0 Å². The van der Waals surface area contributed by atoms with Crippen LogP contribution in [0.5, 0.6) is 0 Å². The number of rotatable bonds is 7. The van der Waals surface area contributed by atoms with Gasteiger partial charge in [-0.1, -0.05) is 11.3 Å². The molecule has 1 fully saturated rings. The minimum absolute atomic E-state index is 0. The Bertz CT molecular complexity index is 677. The molecule has 0 saturated carbocycles. The number of methoxy groups -OCH3 is 1. The number of benzene rings is 1. The van der Waals surface area contributed by atoms with Gasteiger partial charge in [-0.3, -0.25) is 4.79 Å². The van der Waals surface area contributed by atoms with E-state index >= 15 is 0 Å². The van der Waals surface area contributed by atoms with E-state index in [0.717, 1.165) is 34.1 Å². The van der Waals surface area contributed by atoms with Gasteiger partial charge < -0.3 is 20.3 Å². The highest BCUT2D eigenvalue weighted by Gasteiger charge is 2.16. The Labute approximate surface area is 164 Å². The van der Waals surface area contributed by atoms with Crippen LogP contribution in [0.25, 0.3) is 10.2 Å². The van der Waals surface area contributed by atoms with Crippen molar-refractivity contribution in [1.29, 1.82) is 0 Å². The molecule has 0 bridgehead atoms. The number of hydrogen-bond acceptors (Lipinski definition) is 6. The van der Waals surface area contributed by atoms with Gasteiger partial charge in [0, 0.05) is 32.4 Å². The van der Waals surface area contributed by atoms with Crippen LogP contribution in [0.4, 0.5) is 10.8 Å². The molecule has 0 radical (unpaired) electrons. The summed E-state index contributed by atoms with van der Waals surface area (Å²) in [5, 5.41) is 7.03. The molecule has 1 amide bonds. The van der Waals surface area contributed by atoms with E-state index < -0.39 is 0 Å². The molecule has 1 aliphatic rings. The van der Waals surface area contributed by atoms with Crippen molar-refractivity contribution < 1.29 is 9.53 Å². The summed E-state index contributed by atoms with van der Waals surface area (Å²) in [4.78, 5) is 18.9. The Hall–Kier alpha value is -1.12. The number of amides is 1. The molecule has 3 rings (SSSR count). The number of halogens is 2. The first-order valence-corrected chi connectivity index (χ1v) is 8.73. The number of carbonyl (C=O) groups excluding carboxylic acids is 1. The fraction of sp³-hybridized carbons (Fsp3) is 0.500. The van der Waals surface area contributed by atoms with Gasteiger partial charge in [-0.05, 0) is 31.0 Å². The maximum Gasteiger partial charge on any atom is 0.238 e. The minimum Gasteiger partial charge on any atom is -0.383 e. The number of thiazole rings is 1. The second-order valence-electron chi connectivity index (χ2n) is 5.59. The second kappa shape index (κ2) is 10.8. The fourth-order valence-electron chi connectivity index (χ4n) is 2.62. The largest absolute Gasteiger partial charge is 0.383 e. The Kier molecular flexibility index (Phi) is 9.45. The third-order valence-corrected chi connectivity index (χ3v) is 4.88. The van der Waals surface area contributed by atoms with E-state index in [1.807, 2.05) is 18.2 Å². The molecule has 2 N–H and O–H groups in total. The maximum absolute atomic E-state index is 11.9. The van der Waals surface area contributed by atoms with Crippen molar-refractivity contribution in [2.75, 3.05) is 50.1 Å². The van der Waals surface area contributed by atoms with Gasteiger partial charge in [0.15, 0.2) is 5.13 Å². The van der Waals surface area contributed by atoms with E-state index in [-0.39, 0.29) is 37.3 Å². The Morgan fingerprint density at radius 1 is 1.32 bits per heavy atom. The summed E-state index contributed by atoms with van der Waals surface area (Å²) in [5.41, 5.74) is 1.81. The first kappa shape index (κ1) is 21.9. The summed E-state index contributed by atoms with van der Waals surface area (Å²) >= 11 is 1.69. The van der Waals surface area contributed by atoms with Crippen molar-refractivity contribution in [2.45, 2.75) is 12.8 Å². The van der Waals surface area contributed by atoms with Crippen LogP contribution in [0.1, 0.15) is 12.8 Å². The fourth-order valence-corrected chi connectivity index (χ4v) is 3.67. The average molecular weight is 407 g/mol. The molecular formula is C16H24Cl2N4O2S. The van der Waals surface area contributed by atoms with E-state index in [2.05, 4.69) is 15.5 Å². The van der Waals surface area contributed by atoms with E-state index in [4.69, 9.17) is 9.72 Å². The van der Waals surface area contributed by atoms with E-state index in [1.165, 1.54) is 12.8 Å². The SMILES string of the molecule is COCCNCC(=O)Nc1ccc2nc(N3CCCC3)sc2c1.Cl.Cl. The van der Waals surface area contributed by atoms with Crippen LogP contribution < -0.4 is 15.5 Å². The topological polar surface area (TPSA) is 66.5 Å². The van der Waals surface area contributed by atoms with Gasteiger partial charge in [0.25, 0.3) is 0 Å². The number of anilines is 2. The predicted molar refractivity (Wildman–Crippen MR) is 109 cm³/mol. The monoisotopic (exact) mass is 406 g/mol. The maximum atomic E-state index is 11.9. The number of aromatic nitrogens is 1. The second-order valence-corrected chi connectivity index (χ2v) is 6.60. The van der Waals surface area contributed by atoms with Crippen LogP contribution in [0.3, 0.4) is 0 Å². The van der Waals surface area contributed by atoms with Gasteiger partial charge in [-0.15, -0.1) is 24.8 Å². The zero-order valence-electron chi connectivity index (χ0n) is 14.1. The van der Waals surface area contributed by atoms with Gasteiger partial charge in [-0.25, -0.2) is 4.98 Å². The number of ether oxygens (including phenoxy) is 1. The molecule has 1 saturated heterocycles. The van der Waals surface area contributed by atoms with Crippen molar-refractivity contribution in [3.63, 3.8) is 0 Å². The Balaban J connectivity index is 0.00000156. The van der Waals surface area contributed by atoms with E-state index in [1.54, 1.807) is 18.4 Å². The molecule has 2 aromatic rings. The average Bonchev–Trinajstić information content (AvgIpc) is 3.19. The van der Waals surface area contributed by atoms with E-state index in [9.17, 15) is 4.79 Å².